The molecule has 1 N–H and O–H groups in total. The molecule has 2 rings (SSSR count). The molecule has 1 aliphatic carbocycles. The van der Waals surface area contributed by atoms with Gasteiger partial charge in [-0.15, -0.1) is 0 Å². The minimum Gasteiger partial charge on any atom is -0.465 e. The smallest absolute Gasteiger partial charge is 0.120 e. The molecule has 2 nitrogen and oxygen atoms in total. The first-order chi connectivity index (χ1) is 7.69. The Bertz CT molecular complexity index is 331. The van der Waals surface area contributed by atoms with Gasteiger partial charge in [-0.2, -0.15) is 0 Å². The van der Waals surface area contributed by atoms with E-state index in [9.17, 15) is 0 Å². The number of furan rings is 1. The van der Waals surface area contributed by atoms with E-state index in [1.807, 2.05) is 13.0 Å². The molecule has 1 aromatic heterocycles. The van der Waals surface area contributed by atoms with Crippen LogP contribution in [0.5, 0.6) is 0 Å². The van der Waals surface area contributed by atoms with Crippen LogP contribution < -0.4 is 5.32 Å². The Kier molecular flexibility index (Phi) is 3.70. The maximum Gasteiger partial charge on any atom is 0.120 e. The van der Waals surface area contributed by atoms with Gasteiger partial charge in [-0.3, -0.25) is 0 Å². The third-order valence-corrected chi connectivity index (χ3v) is 3.79. The molecule has 0 radical (unpaired) electrons. The van der Waals surface area contributed by atoms with Crippen molar-refractivity contribution in [1.82, 2.24) is 5.32 Å². The van der Waals surface area contributed by atoms with Crippen LogP contribution in [0.1, 0.15) is 57.1 Å². The van der Waals surface area contributed by atoms with Crippen molar-refractivity contribution in [3.63, 3.8) is 0 Å². The summed E-state index contributed by atoms with van der Waals surface area (Å²) < 4.78 is 5.65. The van der Waals surface area contributed by atoms with Crippen molar-refractivity contribution < 1.29 is 4.42 Å². The molecule has 1 fully saturated rings. The predicted octanol–water partition coefficient (Wildman–Crippen LogP) is 3.82. The molecule has 0 spiro atoms. The largest absolute Gasteiger partial charge is 0.465 e. The zero-order valence-electron chi connectivity index (χ0n) is 10.6. The van der Waals surface area contributed by atoms with E-state index in [4.69, 9.17) is 4.42 Å². The summed E-state index contributed by atoms with van der Waals surface area (Å²) >= 11 is 0. The molecule has 90 valence electrons. The van der Waals surface area contributed by atoms with Crippen LogP contribution in [0.15, 0.2) is 16.5 Å². The Hall–Kier alpha value is -0.760. The van der Waals surface area contributed by atoms with Crippen LogP contribution in [0.4, 0.5) is 0 Å². The average molecular weight is 221 g/mol. The van der Waals surface area contributed by atoms with Crippen molar-refractivity contribution in [3.05, 3.63) is 23.7 Å². The van der Waals surface area contributed by atoms with Gasteiger partial charge in [0.15, 0.2) is 0 Å². The van der Waals surface area contributed by atoms with E-state index >= 15 is 0 Å². The van der Waals surface area contributed by atoms with Gasteiger partial charge in [-0.25, -0.2) is 0 Å². The first-order valence-corrected chi connectivity index (χ1v) is 6.51. The van der Waals surface area contributed by atoms with Crippen LogP contribution in [0.2, 0.25) is 0 Å². The molecule has 1 saturated carbocycles. The number of hydrogen-bond acceptors (Lipinski definition) is 2. The van der Waals surface area contributed by atoms with Gasteiger partial charge in [0.25, 0.3) is 0 Å². The van der Waals surface area contributed by atoms with Crippen molar-refractivity contribution in [1.29, 1.82) is 0 Å². The lowest BCUT2D eigenvalue weighted by Gasteiger charge is -2.17. The fraction of sp³-hybridized carbons (Fsp3) is 0.714. The summed E-state index contributed by atoms with van der Waals surface area (Å²) in [5.41, 5.74) is 0. The number of aryl methyl sites for hydroxylation is 1. The second-order valence-electron chi connectivity index (χ2n) is 5.12. The molecule has 0 bridgehead atoms. The molecule has 1 aliphatic rings. The SMILES string of the molecule is CCC1CCC(NC(C)c2ccc(C)o2)C1. The highest BCUT2D eigenvalue weighted by molar-refractivity contribution is 5.09. The van der Waals surface area contributed by atoms with Gasteiger partial charge in [-0.05, 0) is 51.2 Å². The van der Waals surface area contributed by atoms with E-state index in [1.54, 1.807) is 0 Å². The fourth-order valence-electron chi connectivity index (χ4n) is 2.72. The van der Waals surface area contributed by atoms with E-state index in [2.05, 4.69) is 25.2 Å². The summed E-state index contributed by atoms with van der Waals surface area (Å²) in [4.78, 5) is 0. The first kappa shape index (κ1) is 11.7. The van der Waals surface area contributed by atoms with Crippen molar-refractivity contribution in [2.45, 2.75) is 58.5 Å². The molecular weight excluding hydrogens is 198 g/mol. The van der Waals surface area contributed by atoms with E-state index < -0.39 is 0 Å². The lowest BCUT2D eigenvalue weighted by atomic mass is 10.1. The van der Waals surface area contributed by atoms with Crippen LogP contribution in [0, 0.1) is 12.8 Å². The molecule has 0 saturated heterocycles. The highest BCUT2D eigenvalue weighted by Gasteiger charge is 2.25. The van der Waals surface area contributed by atoms with Crippen LogP contribution in [0.25, 0.3) is 0 Å². The fourth-order valence-corrected chi connectivity index (χ4v) is 2.72. The number of rotatable bonds is 4. The Balaban J connectivity index is 1.86. The molecule has 3 unspecified atom stereocenters. The Morgan fingerprint density at radius 1 is 1.44 bits per heavy atom. The molecule has 1 heterocycles. The Morgan fingerprint density at radius 2 is 2.25 bits per heavy atom. The quantitative estimate of drug-likeness (QED) is 0.836. The zero-order valence-corrected chi connectivity index (χ0v) is 10.6. The van der Waals surface area contributed by atoms with Crippen molar-refractivity contribution in [3.8, 4) is 0 Å². The topological polar surface area (TPSA) is 25.2 Å². The molecule has 3 atom stereocenters. The molecule has 16 heavy (non-hydrogen) atoms. The molecule has 2 heteroatoms. The minimum absolute atomic E-state index is 0.342. The number of hydrogen-bond donors (Lipinski definition) is 1. The number of nitrogens with one attached hydrogen (secondary N) is 1. The van der Waals surface area contributed by atoms with Gasteiger partial charge in [0.2, 0.25) is 0 Å². The van der Waals surface area contributed by atoms with Crippen molar-refractivity contribution in [2.75, 3.05) is 0 Å². The average Bonchev–Trinajstić information content (AvgIpc) is 2.87. The zero-order chi connectivity index (χ0) is 11.5. The lowest BCUT2D eigenvalue weighted by Crippen LogP contribution is -2.29. The highest BCUT2D eigenvalue weighted by Crippen LogP contribution is 2.29. The summed E-state index contributed by atoms with van der Waals surface area (Å²) in [6.07, 6.45) is 5.37. The molecule has 1 aromatic rings. The van der Waals surface area contributed by atoms with Crippen molar-refractivity contribution in [2.24, 2.45) is 5.92 Å². The van der Waals surface area contributed by atoms with Crippen LogP contribution in [-0.4, -0.2) is 6.04 Å². The standard InChI is InChI=1S/C14H23NO/c1-4-12-6-7-13(9-12)15-11(3)14-8-5-10(2)16-14/h5,8,11-13,15H,4,6-7,9H2,1-3H3. The van der Waals surface area contributed by atoms with Gasteiger partial charge >= 0.3 is 0 Å². The van der Waals surface area contributed by atoms with Gasteiger partial charge in [0, 0.05) is 6.04 Å². The monoisotopic (exact) mass is 221 g/mol. The maximum atomic E-state index is 5.65. The first-order valence-electron chi connectivity index (χ1n) is 6.51. The summed E-state index contributed by atoms with van der Waals surface area (Å²) in [6, 6.07) is 5.15. The Morgan fingerprint density at radius 3 is 2.81 bits per heavy atom. The van der Waals surface area contributed by atoms with Gasteiger partial charge in [0.05, 0.1) is 6.04 Å². The second kappa shape index (κ2) is 5.05. The van der Waals surface area contributed by atoms with Gasteiger partial charge < -0.3 is 9.73 Å². The third-order valence-electron chi connectivity index (χ3n) is 3.79. The predicted molar refractivity (Wildman–Crippen MR) is 66.4 cm³/mol. The summed E-state index contributed by atoms with van der Waals surface area (Å²) in [5, 5.41) is 3.68. The van der Waals surface area contributed by atoms with Crippen LogP contribution >= 0.6 is 0 Å². The normalized spacial score (nSPS) is 27.2. The molecular formula is C14H23NO. The van der Waals surface area contributed by atoms with Crippen LogP contribution in [-0.2, 0) is 0 Å². The summed E-state index contributed by atoms with van der Waals surface area (Å²) in [5.74, 6) is 3.00. The third kappa shape index (κ3) is 2.67. The van der Waals surface area contributed by atoms with E-state index in [1.165, 1.54) is 25.7 Å². The summed E-state index contributed by atoms with van der Waals surface area (Å²) in [7, 11) is 0. The van der Waals surface area contributed by atoms with Gasteiger partial charge in [0.1, 0.15) is 11.5 Å². The van der Waals surface area contributed by atoms with Gasteiger partial charge in [-0.1, -0.05) is 13.3 Å². The van der Waals surface area contributed by atoms with E-state index in [-0.39, 0.29) is 0 Å². The van der Waals surface area contributed by atoms with Crippen LogP contribution in [0.3, 0.4) is 0 Å². The Labute approximate surface area is 98.4 Å². The molecule has 0 amide bonds. The molecule has 0 aliphatic heterocycles. The summed E-state index contributed by atoms with van der Waals surface area (Å²) in [6.45, 7) is 6.49. The van der Waals surface area contributed by atoms with E-state index in [0.29, 0.717) is 12.1 Å². The highest BCUT2D eigenvalue weighted by atomic mass is 16.3. The lowest BCUT2D eigenvalue weighted by molar-refractivity contribution is 0.374. The second-order valence-corrected chi connectivity index (χ2v) is 5.12. The molecule has 0 aromatic carbocycles. The van der Waals surface area contributed by atoms with Crippen molar-refractivity contribution >= 4 is 0 Å². The maximum absolute atomic E-state index is 5.65. The van der Waals surface area contributed by atoms with E-state index in [0.717, 1.165) is 17.4 Å². The minimum atomic E-state index is 0.342.